The van der Waals surface area contributed by atoms with Crippen LogP contribution in [0.15, 0.2) is 84.9 Å². The van der Waals surface area contributed by atoms with Crippen LogP contribution in [0, 0.1) is 0 Å². The number of amides is 3. The summed E-state index contributed by atoms with van der Waals surface area (Å²) in [7, 11) is 0. The minimum Gasteiger partial charge on any atom is -0.480 e. The number of rotatable bonds is 9. The highest BCUT2D eigenvalue weighted by Crippen LogP contribution is 2.37. The van der Waals surface area contributed by atoms with E-state index in [0.29, 0.717) is 11.3 Å². The monoisotopic (exact) mass is 687 g/mol. The molecule has 0 bridgehead atoms. The molecular weight excluding hydrogens is 664 g/mol. The van der Waals surface area contributed by atoms with Gasteiger partial charge in [0, 0.05) is 34.5 Å². The van der Waals surface area contributed by atoms with E-state index in [1.807, 2.05) is 0 Å². The lowest BCUT2D eigenvalue weighted by Gasteiger charge is -2.17. The quantitative estimate of drug-likeness (QED) is 0.150. The normalized spacial score (nSPS) is 12.9. The molecule has 10 nitrogen and oxygen atoms in total. The average molecular weight is 688 g/mol. The Morgan fingerprint density at radius 3 is 1.78 bits per heavy atom. The van der Waals surface area contributed by atoms with Crippen molar-refractivity contribution in [1.29, 1.82) is 0 Å². The predicted molar refractivity (Wildman–Crippen MR) is 160 cm³/mol. The van der Waals surface area contributed by atoms with E-state index in [0.717, 1.165) is 18.2 Å². The molecule has 0 radical (unpaired) electrons. The Morgan fingerprint density at radius 2 is 1.20 bits per heavy atom. The molecule has 0 unspecified atom stereocenters. The van der Waals surface area contributed by atoms with Gasteiger partial charge in [-0.05, 0) is 60.2 Å². The molecule has 49 heavy (non-hydrogen) atoms. The molecule has 4 aromatic rings. The Bertz CT molecular complexity index is 1900. The number of fused-ring (bicyclic) bond motifs is 1. The largest absolute Gasteiger partial charge is 0.480 e. The molecule has 4 aromatic carbocycles. The van der Waals surface area contributed by atoms with E-state index in [-0.39, 0.29) is 59.7 Å². The number of hydrogen-bond donors (Lipinski definition) is 4. The first-order valence-electron chi connectivity index (χ1n) is 14.1. The number of anilines is 2. The van der Waals surface area contributed by atoms with E-state index in [4.69, 9.17) is 9.47 Å². The molecular formula is C33H23F6N3O7. The summed E-state index contributed by atoms with van der Waals surface area (Å²) in [5.74, 6) is -3.87. The van der Waals surface area contributed by atoms with Crippen LogP contribution in [-0.2, 0) is 23.6 Å². The molecule has 0 spiro atoms. The zero-order chi connectivity index (χ0) is 35.5. The number of benzene rings is 4. The van der Waals surface area contributed by atoms with Crippen LogP contribution in [0.4, 0.5) is 37.7 Å². The molecule has 1 atom stereocenters. The summed E-state index contributed by atoms with van der Waals surface area (Å²) in [6.07, 6.45) is -10.6. The van der Waals surface area contributed by atoms with Gasteiger partial charge in [-0.1, -0.05) is 30.3 Å². The van der Waals surface area contributed by atoms with E-state index in [1.165, 1.54) is 18.2 Å². The Morgan fingerprint density at radius 1 is 0.653 bits per heavy atom. The Labute approximate surface area is 272 Å². The van der Waals surface area contributed by atoms with E-state index < -0.39 is 58.8 Å². The zero-order valence-electron chi connectivity index (χ0n) is 24.7. The number of nitrogens with one attached hydrogen (secondary N) is 3. The second kappa shape index (κ2) is 13.6. The first-order chi connectivity index (χ1) is 23.1. The first-order valence-corrected chi connectivity index (χ1v) is 14.1. The molecule has 0 fully saturated rings. The highest BCUT2D eigenvalue weighted by molar-refractivity contribution is 6.08. The fourth-order valence-electron chi connectivity index (χ4n) is 4.72. The molecule has 5 rings (SSSR count). The van der Waals surface area contributed by atoms with E-state index in [9.17, 15) is 50.6 Å². The lowest BCUT2D eigenvalue weighted by Crippen LogP contribution is -2.42. The second-order valence-electron chi connectivity index (χ2n) is 10.6. The van der Waals surface area contributed by atoms with Gasteiger partial charge < -0.3 is 30.5 Å². The van der Waals surface area contributed by atoms with Crippen LogP contribution in [-0.4, -0.2) is 41.6 Å². The first kappa shape index (κ1) is 34.3. The maximum Gasteiger partial charge on any atom is 0.416 e. The van der Waals surface area contributed by atoms with Gasteiger partial charge in [0.15, 0.2) is 11.5 Å². The van der Waals surface area contributed by atoms with Crippen molar-refractivity contribution in [2.24, 2.45) is 0 Å². The minimum atomic E-state index is -5.22. The van der Waals surface area contributed by atoms with Crippen molar-refractivity contribution in [3.05, 3.63) is 118 Å². The van der Waals surface area contributed by atoms with Crippen LogP contribution >= 0.6 is 0 Å². The number of halogens is 6. The minimum absolute atomic E-state index is 0.0709. The lowest BCUT2D eigenvalue weighted by atomic mass is 10.0. The number of hydrogen-bond acceptors (Lipinski definition) is 6. The van der Waals surface area contributed by atoms with Gasteiger partial charge in [-0.3, -0.25) is 14.4 Å². The summed E-state index contributed by atoms with van der Waals surface area (Å²) in [6.45, 7) is -0.0709. The summed E-state index contributed by atoms with van der Waals surface area (Å²) in [4.78, 5) is 51.4. The lowest BCUT2D eigenvalue weighted by molar-refractivity contribution is -0.143. The van der Waals surface area contributed by atoms with Crippen LogP contribution in [0.25, 0.3) is 0 Å². The smallest absolute Gasteiger partial charge is 0.416 e. The maximum absolute atomic E-state index is 13.4. The number of carbonyl (C=O) groups is 4. The molecule has 0 saturated heterocycles. The molecule has 1 aliphatic rings. The third-order valence-electron chi connectivity index (χ3n) is 7.08. The molecule has 0 saturated carbocycles. The Hall–Kier alpha value is -6.06. The van der Waals surface area contributed by atoms with Gasteiger partial charge in [-0.25, -0.2) is 4.79 Å². The number of carboxylic acids is 1. The highest BCUT2D eigenvalue weighted by Gasteiger charge is 2.37. The maximum atomic E-state index is 13.4. The summed E-state index contributed by atoms with van der Waals surface area (Å²) in [5.41, 5.74) is -4.62. The molecule has 0 aliphatic carbocycles. The van der Waals surface area contributed by atoms with Crippen LogP contribution < -0.4 is 25.4 Å². The van der Waals surface area contributed by atoms with Crippen LogP contribution in [0.3, 0.4) is 0 Å². The number of carbonyl (C=O) groups excluding carboxylic acids is 3. The Balaban J connectivity index is 1.47. The Kier molecular flexibility index (Phi) is 9.50. The summed E-state index contributed by atoms with van der Waals surface area (Å²) >= 11 is 0. The van der Waals surface area contributed by atoms with E-state index in [1.54, 1.807) is 30.3 Å². The van der Waals surface area contributed by atoms with E-state index >= 15 is 0 Å². The highest BCUT2D eigenvalue weighted by atomic mass is 19.4. The van der Waals surface area contributed by atoms with Gasteiger partial charge in [-0.15, -0.1) is 0 Å². The van der Waals surface area contributed by atoms with Gasteiger partial charge >= 0.3 is 18.3 Å². The van der Waals surface area contributed by atoms with Crippen LogP contribution in [0.5, 0.6) is 11.5 Å². The topological polar surface area (TPSA) is 143 Å². The van der Waals surface area contributed by atoms with Crippen molar-refractivity contribution in [3.8, 4) is 11.5 Å². The van der Waals surface area contributed by atoms with Crippen molar-refractivity contribution >= 4 is 35.1 Å². The molecule has 254 valence electrons. The van der Waals surface area contributed by atoms with Crippen molar-refractivity contribution in [2.45, 2.75) is 24.8 Å². The van der Waals surface area contributed by atoms with Crippen molar-refractivity contribution in [1.82, 2.24) is 5.32 Å². The average Bonchev–Trinajstić information content (AvgIpc) is 3.52. The second-order valence-corrected chi connectivity index (χ2v) is 10.6. The van der Waals surface area contributed by atoms with Gasteiger partial charge in [-0.2, -0.15) is 26.3 Å². The molecule has 3 amide bonds. The standard InChI is InChI=1S/C33H23F6N3O7/c34-32(35,36)21-9-19(10-22(14-21)33(37,38)39)29(44)41-24-12-20(30(45)42-25(31(46)47)8-17-4-2-1-3-5-17)11-23(15-24)40-28(43)18-6-7-26-27(13-18)49-16-48-26/h1-7,9-15,25H,8,16H2,(H,40,43)(H,41,44)(H,42,45)(H,46,47)/t25-/m0/s1. The molecule has 0 aromatic heterocycles. The van der Waals surface area contributed by atoms with Gasteiger partial charge in [0.1, 0.15) is 6.04 Å². The number of alkyl halides is 6. The van der Waals surface area contributed by atoms with Gasteiger partial charge in [0.2, 0.25) is 6.79 Å². The van der Waals surface area contributed by atoms with Gasteiger partial charge in [0.25, 0.3) is 17.7 Å². The van der Waals surface area contributed by atoms with Crippen molar-refractivity contribution in [3.63, 3.8) is 0 Å². The molecule has 1 heterocycles. The molecule has 16 heteroatoms. The number of aliphatic carboxylic acids is 1. The van der Waals surface area contributed by atoms with Crippen LogP contribution in [0.1, 0.15) is 47.8 Å². The molecule has 1 aliphatic heterocycles. The third-order valence-corrected chi connectivity index (χ3v) is 7.08. The summed E-state index contributed by atoms with van der Waals surface area (Å²) in [5, 5.41) is 16.7. The number of ether oxygens (including phenoxy) is 2. The fraction of sp³-hybridized carbons (Fsp3) is 0.152. The zero-order valence-corrected chi connectivity index (χ0v) is 24.7. The predicted octanol–water partition coefficient (Wildman–Crippen LogP) is 6.38. The van der Waals surface area contributed by atoms with E-state index in [2.05, 4.69) is 16.0 Å². The third kappa shape index (κ3) is 8.46. The van der Waals surface area contributed by atoms with Gasteiger partial charge in [0.05, 0.1) is 11.1 Å². The summed E-state index contributed by atoms with van der Waals surface area (Å²) in [6, 6.07) is 14.6. The fourth-order valence-corrected chi connectivity index (χ4v) is 4.72. The van der Waals surface area contributed by atoms with Crippen molar-refractivity contribution in [2.75, 3.05) is 17.4 Å². The summed E-state index contributed by atoms with van der Waals surface area (Å²) < 4.78 is 91.0. The van der Waals surface area contributed by atoms with Crippen molar-refractivity contribution < 1.29 is 60.1 Å². The molecule has 4 N–H and O–H groups in total. The number of carboxylic acid groups (broad SMARTS) is 1. The SMILES string of the molecule is O=C(Nc1cc(NC(=O)c2ccc3c(c2)OCO3)cc(C(=O)N[C@@H](Cc2ccccc2)C(=O)O)c1)c1cc(C(F)(F)F)cc(C(F)(F)F)c1. The van der Waals surface area contributed by atoms with Crippen LogP contribution in [0.2, 0.25) is 0 Å².